The number of amides is 2. The summed E-state index contributed by atoms with van der Waals surface area (Å²) in [5.74, 6) is -1.44. The summed E-state index contributed by atoms with van der Waals surface area (Å²) < 4.78 is 5.65. The molecule has 0 bridgehead atoms. The van der Waals surface area contributed by atoms with Crippen LogP contribution in [0.2, 0.25) is 0 Å². The van der Waals surface area contributed by atoms with Crippen molar-refractivity contribution in [2.75, 3.05) is 6.61 Å². The van der Waals surface area contributed by atoms with Crippen molar-refractivity contribution >= 4 is 18.0 Å². The molecular formula is C28H34N2O5. The third kappa shape index (κ3) is 5.84. The molecule has 0 heterocycles. The van der Waals surface area contributed by atoms with Gasteiger partial charge in [0.05, 0.1) is 0 Å². The second kappa shape index (κ2) is 10.9. The number of ether oxygens (including phenoxy) is 1. The molecule has 2 aromatic rings. The number of hydrogen-bond acceptors (Lipinski definition) is 4. The van der Waals surface area contributed by atoms with Gasteiger partial charge < -0.3 is 20.5 Å². The van der Waals surface area contributed by atoms with Crippen molar-refractivity contribution < 1.29 is 24.2 Å². The predicted octanol–water partition coefficient (Wildman–Crippen LogP) is 4.70. The van der Waals surface area contributed by atoms with Crippen molar-refractivity contribution in [3.05, 3.63) is 59.7 Å². The number of benzene rings is 2. The number of rotatable bonds is 8. The number of alkyl carbamates (subject to hydrolysis) is 1. The third-order valence-electron chi connectivity index (χ3n) is 7.03. The van der Waals surface area contributed by atoms with E-state index < -0.39 is 18.1 Å². The van der Waals surface area contributed by atoms with Gasteiger partial charge in [0, 0.05) is 17.9 Å². The molecule has 7 nitrogen and oxygen atoms in total. The van der Waals surface area contributed by atoms with Crippen LogP contribution in [-0.4, -0.2) is 41.8 Å². The number of carbonyl (C=O) groups is 3. The fourth-order valence-corrected chi connectivity index (χ4v) is 5.35. The maximum atomic E-state index is 12.7. The normalized spacial score (nSPS) is 20.0. The van der Waals surface area contributed by atoms with Gasteiger partial charge in [0.1, 0.15) is 12.6 Å². The Bertz CT molecular complexity index is 1040. The monoisotopic (exact) mass is 478 g/mol. The molecule has 0 aliphatic heterocycles. The molecule has 3 atom stereocenters. The maximum absolute atomic E-state index is 12.7. The van der Waals surface area contributed by atoms with Crippen molar-refractivity contribution in [3.8, 4) is 11.1 Å². The first-order chi connectivity index (χ1) is 16.8. The lowest BCUT2D eigenvalue weighted by atomic mass is 9.85. The molecule has 0 saturated heterocycles. The highest BCUT2D eigenvalue weighted by Crippen LogP contribution is 2.44. The molecule has 186 valence electrons. The van der Waals surface area contributed by atoms with Crippen LogP contribution in [0, 0.1) is 11.8 Å². The minimum atomic E-state index is -1.02. The fourth-order valence-electron chi connectivity index (χ4n) is 5.35. The van der Waals surface area contributed by atoms with Gasteiger partial charge in [0.25, 0.3) is 0 Å². The van der Waals surface area contributed by atoms with Gasteiger partial charge in [-0.25, -0.2) is 9.59 Å². The van der Waals surface area contributed by atoms with Gasteiger partial charge in [-0.15, -0.1) is 0 Å². The van der Waals surface area contributed by atoms with Crippen LogP contribution in [0.1, 0.15) is 63.0 Å². The molecule has 4 rings (SSSR count). The van der Waals surface area contributed by atoms with Crippen LogP contribution in [0.15, 0.2) is 48.5 Å². The molecule has 0 spiro atoms. The number of aliphatic carboxylic acids is 1. The molecule has 2 aliphatic carbocycles. The summed E-state index contributed by atoms with van der Waals surface area (Å²) in [5.41, 5.74) is 4.67. The van der Waals surface area contributed by atoms with E-state index in [9.17, 15) is 19.5 Å². The van der Waals surface area contributed by atoms with Crippen molar-refractivity contribution in [3.63, 3.8) is 0 Å². The van der Waals surface area contributed by atoms with Crippen molar-refractivity contribution in [1.29, 1.82) is 0 Å². The molecule has 0 aromatic heterocycles. The SMILES string of the molecule is CC(C)C[C@H](NC(=O)C1CCCC(NC(=O)OCC2c3ccccc3-c3ccccc32)C1)C(=O)O. The summed E-state index contributed by atoms with van der Waals surface area (Å²) >= 11 is 0. The smallest absolute Gasteiger partial charge is 0.407 e. The lowest BCUT2D eigenvalue weighted by Gasteiger charge is -2.30. The van der Waals surface area contributed by atoms with E-state index in [1.807, 2.05) is 38.1 Å². The van der Waals surface area contributed by atoms with E-state index in [4.69, 9.17) is 4.74 Å². The van der Waals surface area contributed by atoms with Crippen molar-refractivity contribution in [2.24, 2.45) is 11.8 Å². The van der Waals surface area contributed by atoms with Crippen LogP contribution in [0.25, 0.3) is 11.1 Å². The van der Waals surface area contributed by atoms with E-state index in [1.165, 1.54) is 11.1 Å². The van der Waals surface area contributed by atoms with Crippen LogP contribution in [0.5, 0.6) is 0 Å². The lowest BCUT2D eigenvalue weighted by Crippen LogP contribution is -2.47. The Morgan fingerprint density at radius 3 is 2.23 bits per heavy atom. The third-order valence-corrected chi connectivity index (χ3v) is 7.03. The van der Waals surface area contributed by atoms with Gasteiger partial charge >= 0.3 is 12.1 Å². The fraction of sp³-hybridized carbons (Fsp3) is 0.464. The molecule has 2 aliphatic rings. The zero-order chi connectivity index (χ0) is 24.9. The Balaban J connectivity index is 1.31. The van der Waals surface area contributed by atoms with Gasteiger partial charge in [-0.3, -0.25) is 4.79 Å². The van der Waals surface area contributed by atoms with Crippen LogP contribution < -0.4 is 10.6 Å². The minimum absolute atomic E-state index is 0.00746. The summed E-state index contributed by atoms with van der Waals surface area (Å²) in [5, 5.41) is 15.0. The zero-order valence-corrected chi connectivity index (χ0v) is 20.3. The second-order valence-corrected chi connectivity index (χ2v) is 10.1. The number of hydrogen-bond donors (Lipinski definition) is 3. The standard InChI is InChI=1S/C28H34N2O5/c1-17(2)14-25(27(32)33)30-26(31)18-8-7-9-19(15-18)29-28(34)35-16-24-22-12-5-3-10-20(22)21-11-4-6-13-23(21)24/h3-6,10-13,17-19,24-25H,7-9,14-16H2,1-2H3,(H,29,34)(H,30,31)(H,32,33)/t18?,19?,25-/m0/s1. The zero-order valence-electron chi connectivity index (χ0n) is 20.3. The lowest BCUT2D eigenvalue weighted by molar-refractivity contribution is -0.143. The molecule has 7 heteroatoms. The van der Waals surface area contributed by atoms with Gasteiger partial charge in [-0.1, -0.05) is 68.8 Å². The Hall–Kier alpha value is -3.35. The van der Waals surface area contributed by atoms with Gasteiger partial charge in [-0.2, -0.15) is 0 Å². The highest BCUT2D eigenvalue weighted by Gasteiger charge is 2.32. The van der Waals surface area contributed by atoms with E-state index in [0.29, 0.717) is 19.3 Å². The van der Waals surface area contributed by atoms with Crippen LogP contribution in [-0.2, 0) is 14.3 Å². The molecule has 2 unspecified atom stereocenters. The molecule has 2 amide bonds. The van der Waals surface area contributed by atoms with Crippen LogP contribution in [0.3, 0.4) is 0 Å². The first-order valence-electron chi connectivity index (χ1n) is 12.5. The minimum Gasteiger partial charge on any atom is -0.480 e. The number of carbonyl (C=O) groups excluding carboxylic acids is 2. The maximum Gasteiger partial charge on any atom is 0.407 e. The molecule has 35 heavy (non-hydrogen) atoms. The van der Waals surface area contributed by atoms with Gasteiger partial charge in [-0.05, 0) is 53.9 Å². The summed E-state index contributed by atoms with van der Waals surface area (Å²) in [6.07, 6.45) is 2.61. The number of fused-ring (bicyclic) bond motifs is 3. The number of carboxylic acid groups (broad SMARTS) is 1. The van der Waals surface area contributed by atoms with E-state index >= 15 is 0 Å². The van der Waals surface area contributed by atoms with Gasteiger partial charge in [0.15, 0.2) is 0 Å². The Labute approximate surface area is 206 Å². The first-order valence-corrected chi connectivity index (χ1v) is 12.5. The largest absolute Gasteiger partial charge is 0.480 e. The summed E-state index contributed by atoms with van der Waals surface area (Å²) in [6.45, 7) is 4.10. The van der Waals surface area contributed by atoms with E-state index in [0.717, 1.165) is 24.0 Å². The highest BCUT2D eigenvalue weighted by atomic mass is 16.5. The first kappa shape index (κ1) is 24.8. The molecular weight excluding hydrogens is 444 g/mol. The molecule has 2 aromatic carbocycles. The van der Waals surface area contributed by atoms with Crippen molar-refractivity contribution in [2.45, 2.75) is 64.0 Å². The van der Waals surface area contributed by atoms with Crippen LogP contribution in [0.4, 0.5) is 4.79 Å². The Morgan fingerprint density at radius 1 is 1.00 bits per heavy atom. The van der Waals surface area contributed by atoms with E-state index in [2.05, 4.69) is 34.9 Å². The highest BCUT2D eigenvalue weighted by molar-refractivity contribution is 5.85. The summed E-state index contributed by atoms with van der Waals surface area (Å²) in [4.78, 5) is 36.9. The predicted molar refractivity (Wildman–Crippen MR) is 133 cm³/mol. The van der Waals surface area contributed by atoms with E-state index in [1.54, 1.807) is 0 Å². The molecule has 1 saturated carbocycles. The number of nitrogens with one attached hydrogen (secondary N) is 2. The van der Waals surface area contributed by atoms with Crippen molar-refractivity contribution in [1.82, 2.24) is 10.6 Å². The molecule has 0 radical (unpaired) electrons. The Kier molecular flexibility index (Phi) is 7.73. The van der Waals surface area contributed by atoms with E-state index in [-0.39, 0.29) is 36.3 Å². The average molecular weight is 479 g/mol. The second-order valence-electron chi connectivity index (χ2n) is 10.1. The van der Waals surface area contributed by atoms with Crippen LogP contribution >= 0.6 is 0 Å². The quantitative estimate of drug-likeness (QED) is 0.510. The average Bonchev–Trinajstić information content (AvgIpc) is 3.16. The Morgan fingerprint density at radius 2 is 1.63 bits per heavy atom. The summed E-state index contributed by atoms with van der Waals surface area (Å²) in [7, 11) is 0. The molecule has 1 fully saturated rings. The molecule has 3 N–H and O–H groups in total. The number of carboxylic acids is 1. The van der Waals surface area contributed by atoms with Gasteiger partial charge in [0.2, 0.25) is 5.91 Å². The topological polar surface area (TPSA) is 105 Å². The summed E-state index contributed by atoms with van der Waals surface area (Å²) in [6, 6.07) is 15.3.